The van der Waals surface area contributed by atoms with Crippen LogP contribution in [-0.2, 0) is 19.1 Å². The molecule has 0 spiro atoms. The molecule has 1 aromatic carbocycles. The Labute approximate surface area is 384 Å². The molecule has 2 aromatic heterocycles. The van der Waals surface area contributed by atoms with Crippen LogP contribution in [-0.4, -0.2) is 105 Å². The molecular formula is C47H72N9O6PS. The van der Waals surface area contributed by atoms with E-state index in [1.54, 1.807) is 50.2 Å². The summed E-state index contributed by atoms with van der Waals surface area (Å²) in [5.41, 5.74) is 2.71. The molecule has 4 amide bonds. The third kappa shape index (κ3) is 14.3. The number of alkyl carbamates (subject to hydrolysis) is 1. The number of H-pyrrole nitrogens is 1. The maximum Gasteiger partial charge on any atom is 0.408 e. The minimum atomic E-state index is -0.637. The second kappa shape index (κ2) is 23.2. The Morgan fingerprint density at radius 1 is 1.05 bits per heavy atom. The van der Waals surface area contributed by atoms with Crippen molar-refractivity contribution in [1.82, 2.24) is 39.8 Å². The number of imidazole rings is 1. The lowest BCUT2D eigenvalue weighted by molar-refractivity contribution is -0.137. The van der Waals surface area contributed by atoms with Gasteiger partial charge < -0.3 is 30.2 Å². The zero-order valence-electron chi connectivity index (χ0n) is 39.5. The summed E-state index contributed by atoms with van der Waals surface area (Å²) in [6, 6.07) is 5.56. The van der Waals surface area contributed by atoms with Crippen LogP contribution in [0.15, 0.2) is 47.5 Å². The number of fused-ring (bicyclic) bond motifs is 1. The number of rotatable bonds is 15. The normalized spacial score (nSPS) is 20.2. The molecule has 15 nitrogen and oxygen atoms in total. The molecule has 2 saturated carbocycles. The molecular weight excluding hydrogens is 850 g/mol. The SMILES string of the molecule is CC(C)n1c(=O)[nH]c2c(-c3cnc(N4CCCC4)cn3)cccc21.CCCCC/C=C\C1CC1C(=O)NSP(C)C1(C)CC1.CNC(=O)C1CCCN1C(=O)CNC(=O)OC(C)(C)C. The molecule has 2 aliphatic carbocycles. The number of carbonyl (C=O) groups is 4. The minimum Gasteiger partial charge on any atom is -0.444 e. The molecule has 0 radical (unpaired) electrons. The number of nitrogens with zero attached hydrogens (tertiary/aromatic N) is 5. The number of likely N-dealkylation sites (tertiary alicyclic amines) is 1. The van der Waals surface area contributed by atoms with Gasteiger partial charge in [-0.1, -0.05) is 51.0 Å². The fourth-order valence-corrected chi connectivity index (χ4v) is 11.0. The van der Waals surface area contributed by atoms with Crippen LogP contribution < -0.4 is 25.9 Å². The molecule has 17 heteroatoms. The number of likely N-dealkylation sites (N-methyl/N-ethyl adjacent to an activating group) is 1. The van der Waals surface area contributed by atoms with Crippen LogP contribution in [0.25, 0.3) is 22.3 Å². The topological polar surface area (TPSA) is 184 Å². The van der Waals surface area contributed by atoms with Gasteiger partial charge in [0.15, 0.2) is 0 Å². The summed E-state index contributed by atoms with van der Waals surface area (Å²) in [4.78, 5) is 75.3. The molecule has 2 saturated heterocycles. The van der Waals surface area contributed by atoms with Crippen LogP contribution in [0.3, 0.4) is 0 Å². The molecule has 7 rings (SSSR count). The number of amides is 4. The van der Waals surface area contributed by atoms with Crippen LogP contribution in [0.1, 0.15) is 125 Å². The molecule has 2 aliphatic heterocycles. The monoisotopic (exact) mass is 922 g/mol. The van der Waals surface area contributed by atoms with Crippen molar-refractivity contribution in [3.05, 3.63) is 53.2 Å². The molecule has 4 fully saturated rings. The summed E-state index contributed by atoms with van der Waals surface area (Å²) in [5.74, 6) is 1.50. The predicted molar refractivity (Wildman–Crippen MR) is 260 cm³/mol. The number of carbonyl (C=O) groups excluding carboxylic acids is 4. The fraction of sp³-hybridized carbons (Fsp3) is 0.638. The van der Waals surface area contributed by atoms with E-state index in [4.69, 9.17) is 4.74 Å². The number of nitrogens with one attached hydrogen (secondary N) is 4. The van der Waals surface area contributed by atoms with Crippen molar-refractivity contribution in [1.29, 1.82) is 0 Å². The van der Waals surface area contributed by atoms with Crippen LogP contribution in [0.5, 0.6) is 0 Å². The van der Waals surface area contributed by atoms with Gasteiger partial charge in [0.1, 0.15) is 24.0 Å². The Bertz CT molecular complexity index is 2120. The van der Waals surface area contributed by atoms with Crippen LogP contribution in [0.4, 0.5) is 10.6 Å². The Morgan fingerprint density at radius 3 is 2.41 bits per heavy atom. The highest BCUT2D eigenvalue weighted by atomic mass is 32.7. The second-order valence-electron chi connectivity index (χ2n) is 18.7. The molecule has 3 aromatic rings. The van der Waals surface area contributed by atoms with Crippen molar-refractivity contribution in [2.45, 2.75) is 142 Å². The van der Waals surface area contributed by atoms with E-state index in [1.807, 2.05) is 38.2 Å². The van der Waals surface area contributed by atoms with E-state index >= 15 is 0 Å². The first-order chi connectivity index (χ1) is 30.5. The van der Waals surface area contributed by atoms with Crippen LogP contribution in [0.2, 0.25) is 0 Å². The summed E-state index contributed by atoms with van der Waals surface area (Å²) in [6.45, 7) is 18.6. The highest BCUT2D eigenvalue weighted by Gasteiger charge is 2.45. The molecule has 4 N–H and O–H groups in total. The zero-order valence-corrected chi connectivity index (χ0v) is 41.2. The lowest BCUT2D eigenvalue weighted by Crippen LogP contribution is -2.48. The van der Waals surface area contributed by atoms with E-state index in [0.29, 0.717) is 24.0 Å². The van der Waals surface area contributed by atoms with Gasteiger partial charge in [-0.2, -0.15) is 0 Å². The Morgan fingerprint density at radius 2 is 1.78 bits per heavy atom. The number of hydrogen-bond acceptors (Lipinski definition) is 10. The van der Waals surface area contributed by atoms with Gasteiger partial charge in [0.05, 0.1) is 29.1 Å². The van der Waals surface area contributed by atoms with Crippen molar-refractivity contribution in [3.8, 4) is 11.3 Å². The number of para-hydroxylation sites is 1. The molecule has 352 valence electrons. The summed E-state index contributed by atoms with van der Waals surface area (Å²) < 4.78 is 9.92. The number of ether oxygens (including phenoxy) is 1. The van der Waals surface area contributed by atoms with Crippen molar-refractivity contribution in [2.75, 3.05) is 44.8 Å². The van der Waals surface area contributed by atoms with Gasteiger partial charge in [-0.3, -0.25) is 28.7 Å². The standard InChI is InChI=1S/C18H21N5O.C16H28NOPS.C13H23N3O4/c1-12(2)23-15-7-5-6-13(17(15)21-18(23)24)14-10-20-16(11-19-14)22-8-3-4-9-22;1-4-5-6-7-8-9-13-12-14(13)15(18)17-20-19(3)16(2)10-11-16;1-13(2,3)20-12(19)15-8-10(17)16-7-5-6-9(16)11(18)14-4/h5-7,10-12H,3-4,8-9H2,1-2H3,(H,21,24);8-9,13-14H,4-7,10-12H2,1-3H3,(H,17,18);9H,5-8H2,1-4H3,(H,14,18)(H,15,19)/b;9-8-;. The largest absolute Gasteiger partial charge is 0.444 e. The lowest BCUT2D eigenvalue weighted by Gasteiger charge is -2.24. The van der Waals surface area contributed by atoms with E-state index in [-0.39, 0.29) is 49.0 Å². The highest BCUT2D eigenvalue weighted by molar-refractivity contribution is 8.55. The summed E-state index contributed by atoms with van der Waals surface area (Å²) in [5, 5.41) is 5.49. The smallest absolute Gasteiger partial charge is 0.408 e. The van der Waals surface area contributed by atoms with Gasteiger partial charge >= 0.3 is 11.8 Å². The Hall–Kier alpha value is -4.43. The average molecular weight is 922 g/mol. The van der Waals surface area contributed by atoms with E-state index < -0.39 is 17.7 Å². The second-order valence-corrected chi connectivity index (χ2v) is 23.4. The van der Waals surface area contributed by atoms with Crippen molar-refractivity contribution in [3.63, 3.8) is 0 Å². The Balaban J connectivity index is 0.000000182. The molecule has 0 bridgehead atoms. The van der Waals surface area contributed by atoms with Crippen molar-refractivity contribution >= 4 is 59.4 Å². The number of allylic oxidation sites excluding steroid dienone is 2. The first kappa shape index (κ1) is 50.6. The van der Waals surface area contributed by atoms with Crippen molar-refractivity contribution < 1.29 is 23.9 Å². The van der Waals surface area contributed by atoms with Gasteiger partial charge in [0, 0.05) is 44.2 Å². The third-order valence-electron chi connectivity index (χ3n) is 12.1. The van der Waals surface area contributed by atoms with Gasteiger partial charge in [-0.25, -0.2) is 14.6 Å². The molecule has 4 heterocycles. The van der Waals surface area contributed by atoms with E-state index in [9.17, 15) is 24.0 Å². The van der Waals surface area contributed by atoms with Gasteiger partial charge in [0.2, 0.25) is 17.7 Å². The number of aromatic nitrogens is 4. The third-order valence-corrected chi connectivity index (χ3v) is 17.0. The molecule has 64 heavy (non-hydrogen) atoms. The molecule has 4 unspecified atom stereocenters. The fourth-order valence-electron chi connectivity index (χ4n) is 7.82. The molecule has 4 aliphatic rings. The lowest BCUT2D eigenvalue weighted by atomic mass is 10.1. The number of hydrogen-bond donors (Lipinski definition) is 4. The summed E-state index contributed by atoms with van der Waals surface area (Å²) in [7, 11) is 1.44. The average Bonchev–Trinajstić information content (AvgIpc) is 3.95. The summed E-state index contributed by atoms with van der Waals surface area (Å²) in [6.07, 6.45) is 20.2. The minimum absolute atomic E-state index is 0.0888. The van der Waals surface area contributed by atoms with Crippen molar-refractivity contribution in [2.24, 2.45) is 11.8 Å². The maximum atomic E-state index is 12.3. The quantitative estimate of drug-likeness (QED) is 0.0501. The van der Waals surface area contributed by atoms with E-state index in [1.165, 1.54) is 56.3 Å². The Kier molecular flexibility index (Phi) is 18.3. The highest BCUT2D eigenvalue weighted by Crippen LogP contribution is 2.67. The first-order valence-electron chi connectivity index (χ1n) is 23.1. The predicted octanol–water partition coefficient (Wildman–Crippen LogP) is 8.32. The number of unbranched alkanes of at least 4 members (excludes halogenated alkanes) is 3. The van der Waals surface area contributed by atoms with E-state index in [0.717, 1.165) is 54.0 Å². The number of anilines is 1. The number of aromatic amines is 1. The van der Waals surface area contributed by atoms with E-state index in [2.05, 4.69) is 67.9 Å². The van der Waals surface area contributed by atoms with Crippen LogP contribution >= 0.6 is 18.7 Å². The number of benzene rings is 1. The molecule has 4 atom stereocenters. The van der Waals surface area contributed by atoms with Gasteiger partial charge in [-0.05, 0) is 135 Å². The summed E-state index contributed by atoms with van der Waals surface area (Å²) >= 11 is 1.70. The maximum absolute atomic E-state index is 12.3. The first-order valence-corrected chi connectivity index (χ1v) is 26.3. The van der Waals surface area contributed by atoms with Gasteiger partial charge in [-0.15, -0.1) is 0 Å². The van der Waals surface area contributed by atoms with Gasteiger partial charge in [0.25, 0.3) is 0 Å². The zero-order chi connectivity index (χ0) is 46.6. The van der Waals surface area contributed by atoms with Crippen LogP contribution in [0, 0.1) is 11.8 Å².